The van der Waals surface area contributed by atoms with E-state index >= 15 is 0 Å². The minimum atomic E-state index is -5.69. The third kappa shape index (κ3) is 37.9. The average molecular weight is 1430 g/mol. The summed E-state index contributed by atoms with van der Waals surface area (Å²) in [6, 6.07) is 0. The van der Waals surface area contributed by atoms with Crippen LogP contribution in [0.1, 0.15) is 303 Å². The molecule has 2 heterocycles. The van der Waals surface area contributed by atoms with Gasteiger partial charge in [0, 0.05) is 19.3 Å². The van der Waals surface area contributed by atoms with Gasteiger partial charge in [0.05, 0.1) is 13.2 Å². The second kappa shape index (κ2) is 55.2. The molecule has 3 fully saturated rings. The van der Waals surface area contributed by atoms with Crippen molar-refractivity contribution < 1.29 is 117 Å². The van der Waals surface area contributed by atoms with Gasteiger partial charge in [-0.3, -0.25) is 23.4 Å². The molecule has 0 amide bonds. The van der Waals surface area contributed by atoms with Gasteiger partial charge in [0.1, 0.15) is 98.7 Å². The van der Waals surface area contributed by atoms with Crippen molar-refractivity contribution in [1.29, 1.82) is 0 Å². The molecule has 18 unspecified atom stereocenters. The summed E-state index contributed by atoms with van der Waals surface area (Å²) in [6.45, 7) is 3.45. The molecule has 3 rings (SSSR count). The molecular weight excluding hydrogens is 1290 g/mol. The van der Waals surface area contributed by atoms with Crippen molar-refractivity contribution in [2.45, 2.75) is 407 Å². The Hall–Kier alpha value is -2.30. The maximum atomic E-state index is 14.3. The van der Waals surface area contributed by atoms with Crippen LogP contribution in [0.3, 0.4) is 0 Å². The lowest BCUT2D eigenvalue weighted by molar-refractivity contribution is -0.360. The molecule has 576 valence electrons. The summed E-state index contributed by atoms with van der Waals surface area (Å²) in [5.74, 6) is -1.99. The van der Waals surface area contributed by atoms with Crippen molar-refractivity contribution in [2.75, 3.05) is 26.4 Å². The molecule has 25 heteroatoms. The number of hydrogen-bond acceptors (Lipinski definition) is 23. The molecule has 98 heavy (non-hydrogen) atoms. The average Bonchev–Trinajstić information content (AvgIpc) is 0.764. The van der Waals surface area contributed by atoms with E-state index in [0.29, 0.717) is 19.3 Å². The maximum Gasteiger partial charge on any atom is 0.472 e. The normalized spacial score (nSPS) is 27.7. The summed E-state index contributed by atoms with van der Waals surface area (Å²) < 4.78 is 65.0. The van der Waals surface area contributed by atoms with Gasteiger partial charge >= 0.3 is 25.7 Å². The lowest BCUT2D eigenvalue weighted by atomic mass is 9.84. The first-order valence-electron chi connectivity index (χ1n) is 38.5. The van der Waals surface area contributed by atoms with Crippen LogP contribution in [0.4, 0.5) is 0 Å². The highest BCUT2D eigenvalue weighted by Crippen LogP contribution is 2.49. The van der Waals surface area contributed by atoms with Crippen LogP contribution in [-0.4, -0.2) is 204 Å². The highest BCUT2D eigenvalue weighted by Gasteiger charge is 2.58. The lowest BCUT2D eigenvalue weighted by Crippen LogP contribution is -2.69. The molecule has 0 radical (unpaired) electrons. The molecular formula is C73H135O24P. The number of carbonyl (C=O) groups excluding carboxylic acids is 3. The Labute approximate surface area is 586 Å². The van der Waals surface area contributed by atoms with Crippen molar-refractivity contribution in [3.8, 4) is 0 Å². The fraction of sp³-hybridized carbons (Fsp3) is 0.932. The van der Waals surface area contributed by atoms with Crippen LogP contribution >= 0.6 is 7.82 Å². The van der Waals surface area contributed by atoms with E-state index < -0.39 is 156 Å². The van der Waals surface area contributed by atoms with Crippen LogP contribution in [0.2, 0.25) is 0 Å². The fourth-order valence-electron chi connectivity index (χ4n) is 12.8. The number of rotatable bonds is 60. The minimum Gasteiger partial charge on any atom is -0.463 e. The SMILES string of the molecule is CCCCCCCC/C=C\CCCCCC(=O)OCC1OC(OC2C(O)C(O)C(O)C(OC3OC(CO)C(O)C(O)C3O)C2OP(=O)(O)OCC(COC(=O)CCCCCCCCCCCCCCCC)OC(=O)CCCCCCCCCCCCCCCCCC)C(O)C(O)C1O. The molecule has 2 saturated heterocycles. The summed E-state index contributed by atoms with van der Waals surface area (Å²) >= 11 is 0. The Morgan fingerprint density at radius 3 is 1.11 bits per heavy atom. The van der Waals surface area contributed by atoms with E-state index in [0.717, 1.165) is 89.9 Å². The molecule has 2 aliphatic heterocycles. The van der Waals surface area contributed by atoms with E-state index in [1.807, 2.05) is 0 Å². The van der Waals surface area contributed by atoms with Crippen molar-refractivity contribution in [2.24, 2.45) is 0 Å². The predicted octanol–water partition coefficient (Wildman–Crippen LogP) is 10.7. The number of ether oxygens (including phenoxy) is 7. The Morgan fingerprint density at radius 2 is 0.714 bits per heavy atom. The number of allylic oxidation sites excluding steroid dienone is 2. The van der Waals surface area contributed by atoms with Gasteiger partial charge in [-0.1, -0.05) is 251 Å². The van der Waals surface area contributed by atoms with Gasteiger partial charge in [0.15, 0.2) is 18.7 Å². The van der Waals surface area contributed by atoms with Crippen molar-refractivity contribution in [3.63, 3.8) is 0 Å². The first kappa shape index (κ1) is 89.9. The molecule has 0 spiro atoms. The summed E-state index contributed by atoms with van der Waals surface area (Å²) in [5, 5.41) is 110. The summed E-state index contributed by atoms with van der Waals surface area (Å²) in [6.07, 6.45) is 14.1. The Kier molecular flexibility index (Phi) is 50.7. The molecule has 0 bridgehead atoms. The summed E-state index contributed by atoms with van der Waals surface area (Å²) in [5.41, 5.74) is 0. The molecule has 24 nitrogen and oxygen atoms in total. The third-order valence-electron chi connectivity index (χ3n) is 19.0. The largest absolute Gasteiger partial charge is 0.472 e. The van der Waals surface area contributed by atoms with Gasteiger partial charge in [-0.05, 0) is 44.9 Å². The van der Waals surface area contributed by atoms with Crippen molar-refractivity contribution in [3.05, 3.63) is 12.2 Å². The van der Waals surface area contributed by atoms with Gasteiger partial charge in [0.25, 0.3) is 0 Å². The number of aliphatic hydroxyl groups excluding tert-OH is 10. The van der Waals surface area contributed by atoms with Crippen molar-refractivity contribution >= 4 is 25.7 Å². The van der Waals surface area contributed by atoms with Gasteiger partial charge < -0.3 is 89.1 Å². The Balaban J connectivity index is 1.73. The van der Waals surface area contributed by atoms with Crippen LogP contribution in [0, 0.1) is 0 Å². The highest BCUT2D eigenvalue weighted by atomic mass is 31.2. The van der Waals surface area contributed by atoms with Crippen LogP contribution in [-0.2, 0) is 61.2 Å². The zero-order valence-corrected chi connectivity index (χ0v) is 61.0. The second-order valence-electron chi connectivity index (χ2n) is 27.7. The minimum absolute atomic E-state index is 0.00942. The van der Waals surface area contributed by atoms with Crippen LogP contribution < -0.4 is 0 Å². The summed E-state index contributed by atoms with van der Waals surface area (Å²) in [4.78, 5) is 51.0. The van der Waals surface area contributed by atoms with E-state index in [1.165, 1.54) is 154 Å². The van der Waals surface area contributed by atoms with Gasteiger partial charge in [0.2, 0.25) is 0 Å². The lowest BCUT2D eigenvalue weighted by Gasteiger charge is -2.49. The number of esters is 3. The zero-order valence-electron chi connectivity index (χ0n) is 60.1. The molecule has 0 aromatic rings. The monoisotopic (exact) mass is 1430 g/mol. The van der Waals surface area contributed by atoms with Crippen molar-refractivity contribution in [1.82, 2.24) is 0 Å². The molecule has 0 aromatic heterocycles. The number of hydrogen-bond donors (Lipinski definition) is 11. The second-order valence-corrected chi connectivity index (χ2v) is 29.1. The van der Waals surface area contributed by atoms with E-state index in [2.05, 4.69) is 32.9 Å². The summed E-state index contributed by atoms with van der Waals surface area (Å²) in [7, 11) is -5.69. The number of phosphoric ester groups is 1. The molecule has 0 aromatic carbocycles. The molecule has 3 aliphatic rings. The van der Waals surface area contributed by atoms with E-state index in [4.69, 9.17) is 42.2 Å². The first-order chi connectivity index (χ1) is 47.3. The topological polar surface area (TPSA) is 374 Å². The van der Waals surface area contributed by atoms with Gasteiger partial charge in [-0.15, -0.1) is 0 Å². The first-order valence-corrected chi connectivity index (χ1v) is 40.0. The fourth-order valence-corrected chi connectivity index (χ4v) is 13.7. The third-order valence-corrected chi connectivity index (χ3v) is 20.0. The quantitative estimate of drug-likeness (QED) is 0.00886. The smallest absolute Gasteiger partial charge is 0.463 e. The number of phosphoric acid groups is 1. The predicted molar refractivity (Wildman–Crippen MR) is 370 cm³/mol. The highest BCUT2D eigenvalue weighted by molar-refractivity contribution is 7.47. The molecule has 1 saturated carbocycles. The van der Waals surface area contributed by atoms with E-state index in [1.54, 1.807) is 0 Å². The van der Waals surface area contributed by atoms with E-state index in [-0.39, 0.29) is 19.3 Å². The standard InChI is InChI=1S/C73H135O24P/c1-4-7-10-13-16-19-22-25-27-28-31-34-37-40-43-46-49-59(77)92-54(51-89-57(75)47-44-41-38-35-33-30-26-23-20-17-14-11-8-5-2)52-91-98(87,88)97-71-69(95-72-67(85)62(80)60(78)55(50-74)93-72)65(83)64(82)66(84)70(71)96-73-68(86)63(81)61(79)56(94-73)53-90-58(76)48-45-42-39-36-32-29-24-21-18-15-12-9-6-3/h29,32,54-56,60-74,78-86H,4-28,30-31,33-53H2,1-3H3,(H,87,88)/b32-29-. The number of carbonyl (C=O) groups is 3. The molecule has 11 N–H and O–H groups in total. The van der Waals surface area contributed by atoms with Gasteiger partial charge in [-0.25, -0.2) is 4.57 Å². The van der Waals surface area contributed by atoms with E-state index in [9.17, 15) is 74.9 Å². The van der Waals surface area contributed by atoms with Crippen LogP contribution in [0.25, 0.3) is 0 Å². The number of aliphatic hydroxyl groups is 10. The van der Waals surface area contributed by atoms with Crippen LogP contribution in [0.5, 0.6) is 0 Å². The van der Waals surface area contributed by atoms with Gasteiger partial charge in [-0.2, -0.15) is 0 Å². The maximum absolute atomic E-state index is 14.3. The zero-order chi connectivity index (χ0) is 71.8. The molecule has 1 aliphatic carbocycles. The Bertz CT molecular complexity index is 2080. The van der Waals surface area contributed by atoms with Crippen LogP contribution in [0.15, 0.2) is 12.2 Å². The number of unbranched alkanes of at least 4 members (excludes halogenated alkanes) is 37. The molecule has 18 atom stereocenters. The Morgan fingerprint density at radius 1 is 0.388 bits per heavy atom.